The van der Waals surface area contributed by atoms with Crippen molar-refractivity contribution in [3.63, 3.8) is 0 Å². The molecule has 5 nitrogen and oxygen atoms in total. The van der Waals surface area contributed by atoms with E-state index in [4.69, 9.17) is 22.6 Å². The van der Waals surface area contributed by atoms with Crippen molar-refractivity contribution in [2.75, 3.05) is 10.5 Å². The van der Waals surface area contributed by atoms with E-state index in [9.17, 15) is 12.8 Å². The monoisotopic (exact) mass is 325 g/mol. The van der Waals surface area contributed by atoms with Gasteiger partial charge in [0.25, 0.3) is 10.0 Å². The molecule has 0 aromatic heterocycles. The molecule has 108 valence electrons. The quantitative estimate of drug-likeness (QED) is 0.848. The first-order valence-corrected chi connectivity index (χ1v) is 7.47. The second-order valence-corrected chi connectivity index (χ2v) is 6.15. The minimum absolute atomic E-state index is 0.116. The Kier molecular flexibility index (Phi) is 4.02. The number of nitrogens with zero attached hydrogens (tertiary/aromatic N) is 1. The number of benzene rings is 2. The van der Waals surface area contributed by atoms with E-state index in [-0.39, 0.29) is 26.9 Å². The SMILES string of the molecule is N#Cc1ccc(NS(=O)(=O)c2ccc(F)cc2N)cc1Cl. The van der Waals surface area contributed by atoms with E-state index in [0.29, 0.717) is 0 Å². The molecule has 0 fully saturated rings. The van der Waals surface area contributed by atoms with Crippen LogP contribution in [0.2, 0.25) is 5.02 Å². The summed E-state index contributed by atoms with van der Waals surface area (Å²) in [6.07, 6.45) is 0. The first-order valence-electron chi connectivity index (χ1n) is 5.61. The van der Waals surface area contributed by atoms with Crippen molar-refractivity contribution in [2.24, 2.45) is 0 Å². The Bertz CT molecular complexity index is 847. The van der Waals surface area contributed by atoms with E-state index in [2.05, 4.69) is 4.72 Å². The van der Waals surface area contributed by atoms with Crippen LogP contribution in [0.1, 0.15) is 5.56 Å². The van der Waals surface area contributed by atoms with Crippen molar-refractivity contribution in [2.45, 2.75) is 4.90 Å². The number of nitrogens with one attached hydrogen (secondary N) is 1. The van der Waals surface area contributed by atoms with Gasteiger partial charge in [-0.15, -0.1) is 0 Å². The highest BCUT2D eigenvalue weighted by molar-refractivity contribution is 7.92. The second-order valence-electron chi connectivity index (χ2n) is 4.09. The summed E-state index contributed by atoms with van der Waals surface area (Å²) in [5.41, 5.74) is 5.69. The topological polar surface area (TPSA) is 96.0 Å². The van der Waals surface area contributed by atoms with E-state index < -0.39 is 15.8 Å². The number of halogens is 2. The molecule has 0 aliphatic carbocycles. The third-order valence-corrected chi connectivity index (χ3v) is 4.37. The van der Waals surface area contributed by atoms with Gasteiger partial charge in [-0.3, -0.25) is 4.72 Å². The van der Waals surface area contributed by atoms with Crippen molar-refractivity contribution in [3.8, 4) is 6.07 Å². The fourth-order valence-electron chi connectivity index (χ4n) is 1.64. The molecule has 0 unspecified atom stereocenters. The largest absolute Gasteiger partial charge is 0.398 e. The van der Waals surface area contributed by atoms with Gasteiger partial charge in [0.1, 0.15) is 16.8 Å². The first kappa shape index (κ1) is 15.1. The fraction of sp³-hybridized carbons (Fsp3) is 0. The molecular weight excluding hydrogens is 317 g/mol. The van der Waals surface area contributed by atoms with Gasteiger partial charge in [-0.1, -0.05) is 11.6 Å². The summed E-state index contributed by atoms with van der Waals surface area (Å²) < 4.78 is 39.6. The summed E-state index contributed by atoms with van der Waals surface area (Å²) in [5, 5.41) is 8.87. The molecule has 0 spiro atoms. The molecule has 0 radical (unpaired) electrons. The number of nitriles is 1. The van der Waals surface area contributed by atoms with Crippen LogP contribution in [0.5, 0.6) is 0 Å². The van der Waals surface area contributed by atoms with Gasteiger partial charge in [0.2, 0.25) is 0 Å². The van der Waals surface area contributed by atoms with Gasteiger partial charge in [-0.05, 0) is 36.4 Å². The Hall–Kier alpha value is -2.30. The van der Waals surface area contributed by atoms with Crippen LogP contribution in [0.25, 0.3) is 0 Å². The molecule has 0 saturated carbocycles. The number of sulfonamides is 1. The molecule has 2 aromatic carbocycles. The van der Waals surface area contributed by atoms with Crippen LogP contribution in [0.15, 0.2) is 41.3 Å². The summed E-state index contributed by atoms with van der Waals surface area (Å²) in [5.74, 6) is -0.632. The lowest BCUT2D eigenvalue weighted by molar-refractivity contribution is 0.600. The smallest absolute Gasteiger partial charge is 0.263 e. The van der Waals surface area contributed by atoms with Crippen molar-refractivity contribution < 1.29 is 12.8 Å². The predicted octanol–water partition coefficient (Wildman–Crippen LogP) is 2.73. The molecule has 0 aliphatic rings. The molecule has 0 atom stereocenters. The van der Waals surface area contributed by atoms with Gasteiger partial charge in [0.05, 0.1) is 22.0 Å². The van der Waals surface area contributed by atoms with E-state index in [1.807, 2.05) is 6.07 Å². The zero-order valence-corrected chi connectivity index (χ0v) is 12.0. The Labute approximate surface area is 125 Å². The van der Waals surface area contributed by atoms with Crippen LogP contribution in [0.3, 0.4) is 0 Å². The number of hydrogen-bond acceptors (Lipinski definition) is 4. The van der Waals surface area contributed by atoms with Crippen molar-refractivity contribution in [1.82, 2.24) is 0 Å². The normalized spacial score (nSPS) is 10.9. The highest BCUT2D eigenvalue weighted by Crippen LogP contribution is 2.25. The van der Waals surface area contributed by atoms with E-state index >= 15 is 0 Å². The maximum atomic E-state index is 13.0. The van der Waals surface area contributed by atoms with Gasteiger partial charge >= 0.3 is 0 Å². The Balaban J connectivity index is 2.38. The molecule has 3 N–H and O–H groups in total. The lowest BCUT2D eigenvalue weighted by Gasteiger charge is -2.10. The maximum Gasteiger partial charge on any atom is 0.263 e. The van der Waals surface area contributed by atoms with E-state index in [1.165, 1.54) is 18.2 Å². The number of anilines is 2. The maximum absolute atomic E-state index is 13.0. The zero-order chi connectivity index (χ0) is 15.6. The van der Waals surface area contributed by atoms with Gasteiger partial charge < -0.3 is 5.73 Å². The van der Waals surface area contributed by atoms with Crippen LogP contribution in [0, 0.1) is 17.1 Å². The zero-order valence-electron chi connectivity index (χ0n) is 10.5. The summed E-state index contributed by atoms with van der Waals surface area (Å²) >= 11 is 5.82. The van der Waals surface area contributed by atoms with Crippen molar-refractivity contribution in [1.29, 1.82) is 5.26 Å². The second kappa shape index (κ2) is 5.60. The van der Waals surface area contributed by atoms with E-state index in [0.717, 1.165) is 18.2 Å². The summed E-state index contributed by atoms with van der Waals surface area (Å²) in [6, 6.07) is 8.92. The molecule has 2 rings (SSSR count). The van der Waals surface area contributed by atoms with Crippen molar-refractivity contribution >= 4 is 33.0 Å². The fourth-order valence-corrected chi connectivity index (χ4v) is 3.03. The minimum Gasteiger partial charge on any atom is -0.398 e. The molecule has 0 heterocycles. The average Bonchev–Trinajstić information content (AvgIpc) is 2.37. The Morgan fingerprint density at radius 2 is 1.95 bits per heavy atom. The summed E-state index contributed by atoms with van der Waals surface area (Å²) in [7, 11) is -3.98. The molecule has 21 heavy (non-hydrogen) atoms. The van der Waals surface area contributed by atoms with Crippen LogP contribution < -0.4 is 10.5 Å². The third-order valence-electron chi connectivity index (χ3n) is 2.60. The van der Waals surface area contributed by atoms with E-state index in [1.54, 1.807) is 0 Å². The van der Waals surface area contributed by atoms with Crippen LogP contribution in [-0.4, -0.2) is 8.42 Å². The number of nitrogen functional groups attached to an aromatic ring is 1. The van der Waals surface area contributed by atoms with Gasteiger partial charge in [-0.2, -0.15) is 5.26 Å². The van der Waals surface area contributed by atoms with Crippen LogP contribution in [0.4, 0.5) is 15.8 Å². The van der Waals surface area contributed by atoms with Crippen LogP contribution in [-0.2, 0) is 10.0 Å². The first-order chi connectivity index (χ1) is 9.83. The predicted molar refractivity (Wildman–Crippen MR) is 77.8 cm³/mol. The molecule has 0 amide bonds. The standard InChI is InChI=1S/C13H9ClFN3O2S/c14-11-6-10(3-1-8(11)7-16)18-21(19,20)13-4-2-9(15)5-12(13)17/h1-6,18H,17H2. The molecule has 2 aromatic rings. The molecule has 0 saturated heterocycles. The van der Waals surface area contributed by atoms with Gasteiger partial charge in [-0.25, -0.2) is 12.8 Å². The van der Waals surface area contributed by atoms with Crippen molar-refractivity contribution in [3.05, 3.63) is 52.8 Å². The molecule has 0 bridgehead atoms. The minimum atomic E-state index is -3.98. The molecule has 8 heteroatoms. The number of hydrogen-bond donors (Lipinski definition) is 2. The highest BCUT2D eigenvalue weighted by Gasteiger charge is 2.18. The van der Waals surface area contributed by atoms with Crippen LogP contribution >= 0.6 is 11.6 Å². The average molecular weight is 326 g/mol. The lowest BCUT2D eigenvalue weighted by atomic mass is 10.2. The Morgan fingerprint density at radius 1 is 1.24 bits per heavy atom. The highest BCUT2D eigenvalue weighted by atomic mass is 35.5. The van der Waals surface area contributed by atoms with Gasteiger partial charge in [0, 0.05) is 0 Å². The van der Waals surface area contributed by atoms with Gasteiger partial charge in [0.15, 0.2) is 0 Å². The third kappa shape index (κ3) is 3.24. The summed E-state index contributed by atoms with van der Waals surface area (Å²) in [4.78, 5) is -0.246. The molecular formula is C13H9ClFN3O2S. The molecule has 0 aliphatic heterocycles. The lowest BCUT2D eigenvalue weighted by Crippen LogP contribution is -2.15. The Morgan fingerprint density at radius 3 is 2.52 bits per heavy atom. The summed E-state index contributed by atoms with van der Waals surface area (Å²) in [6.45, 7) is 0. The number of nitrogens with two attached hydrogens (primary N) is 1. The number of rotatable bonds is 3.